The molecule has 0 aromatic heterocycles. The van der Waals surface area contributed by atoms with Gasteiger partial charge in [0.15, 0.2) is 0 Å². The lowest BCUT2D eigenvalue weighted by atomic mass is 10.1. The number of rotatable bonds is 6. The molecule has 0 fully saturated rings. The molecule has 1 aliphatic heterocycles. The van der Waals surface area contributed by atoms with Crippen molar-refractivity contribution in [2.24, 2.45) is 0 Å². The first-order valence-electron chi connectivity index (χ1n) is 12.5. The minimum Gasteiger partial charge on any atom is -0.176 e. The summed E-state index contributed by atoms with van der Waals surface area (Å²) in [7, 11) is -1.34. The first-order valence-corrected chi connectivity index (χ1v) is 16.0. The van der Waals surface area contributed by atoms with Crippen LogP contribution in [0, 0.1) is 4.99 Å². The van der Waals surface area contributed by atoms with E-state index < -0.39 is 15.8 Å². The summed E-state index contributed by atoms with van der Waals surface area (Å²) < 4.78 is 0. The van der Waals surface area contributed by atoms with Crippen LogP contribution in [0.5, 0.6) is 0 Å². The highest BCUT2D eigenvalue weighted by Crippen LogP contribution is 2.63. The normalized spacial score (nSPS) is 17.0. The molecule has 1 aliphatic carbocycles. The highest BCUT2D eigenvalue weighted by atomic mass is 32.2. The summed E-state index contributed by atoms with van der Waals surface area (Å²) in [6.45, 7) is 2.25. The molecule has 6 rings (SSSR count). The SMILES string of the molecule is CC1=C/C(=C2/C=CC=C2P(c2ccccc2)c2ccccc2)[C-](P(c2ccccc2)c2ccccc2)S1. The van der Waals surface area contributed by atoms with Crippen LogP contribution in [-0.4, -0.2) is 0 Å². The number of thioether (sulfide) groups is 1. The third-order valence-corrected chi connectivity index (χ3v) is 12.9. The molecule has 0 atom stereocenters. The lowest BCUT2D eigenvalue weighted by Gasteiger charge is -2.35. The number of hydrogen-bond donors (Lipinski definition) is 0. The van der Waals surface area contributed by atoms with Gasteiger partial charge < -0.3 is 0 Å². The Balaban J connectivity index is 1.50. The Morgan fingerprint density at radius 1 is 0.595 bits per heavy atom. The average molecular weight is 530 g/mol. The third-order valence-electron chi connectivity index (χ3n) is 6.42. The molecule has 1 heterocycles. The summed E-state index contributed by atoms with van der Waals surface area (Å²) in [6.07, 6.45) is 9.36. The molecule has 0 N–H and O–H groups in total. The van der Waals surface area contributed by atoms with Gasteiger partial charge in [-0.2, -0.15) is 23.4 Å². The van der Waals surface area contributed by atoms with E-state index in [1.807, 2.05) is 11.8 Å². The van der Waals surface area contributed by atoms with Gasteiger partial charge in [0.25, 0.3) is 0 Å². The van der Waals surface area contributed by atoms with Gasteiger partial charge in [0.2, 0.25) is 0 Å². The number of allylic oxidation sites excluding steroid dienone is 7. The maximum Gasteiger partial charge on any atom is -0.0161 e. The van der Waals surface area contributed by atoms with E-state index in [9.17, 15) is 0 Å². The highest BCUT2D eigenvalue weighted by Gasteiger charge is 2.28. The molecule has 3 heteroatoms. The van der Waals surface area contributed by atoms with Gasteiger partial charge in [-0.15, -0.1) is 11.6 Å². The van der Waals surface area contributed by atoms with Gasteiger partial charge in [0, 0.05) is 0 Å². The molecule has 0 nitrogen and oxygen atoms in total. The third kappa shape index (κ3) is 5.05. The summed E-state index contributed by atoms with van der Waals surface area (Å²) >= 11 is 1.96. The van der Waals surface area contributed by atoms with Crippen molar-refractivity contribution in [3.8, 4) is 0 Å². The maximum absolute atomic E-state index is 2.42. The molecular formula is C34H27P2S-. The second kappa shape index (κ2) is 11.1. The molecule has 0 saturated heterocycles. The molecule has 2 aliphatic rings. The zero-order valence-electron chi connectivity index (χ0n) is 20.7. The molecule has 0 spiro atoms. The van der Waals surface area contributed by atoms with E-state index in [1.165, 1.54) is 47.6 Å². The summed E-state index contributed by atoms with van der Waals surface area (Å²) in [4.78, 5) is 2.84. The Kier molecular flexibility index (Phi) is 7.29. The van der Waals surface area contributed by atoms with Crippen LogP contribution >= 0.6 is 27.6 Å². The Morgan fingerprint density at radius 2 is 1.05 bits per heavy atom. The van der Waals surface area contributed by atoms with Gasteiger partial charge in [-0.05, 0) is 36.1 Å². The van der Waals surface area contributed by atoms with Gasteiger partial charge in [-0.3, -0.25) is 0 Å². The fourth-order valence-electron chi connectivity index (χ4n) is 4.81. The van der Waals surface area contributed by atoms with Gasteiger partial charge in [0.05, 0.1) is 0 Å². The first-order chi connectivity index (χ1) is 18.3. The molecule has 0 radical (unpaired) electrons. The van der Waals surface area contributed by atoms with Crippen molar-refractivity contribution in [2.75, 3.05) is 0 Å². The van der Waals surface area contributed by atoms with Crippen LogP contribution in [0.3, 0.4) is 0 Å². The Labute approximate surface area is 227 Å². The zero-order chi connectivity index (χ0) is 25.0. The van der Waals surface area contributed by atoms with Crippen LogP contribution in [0.2, 0.25) is 0 Å². The fraction of sp³-hybridized carbons (Fsp3) is 0.0294. The topological polar surface area (TPSA) is 0 Å². The van der Waals surface area contributed by atoms with E-state index in [1.54, 1.807) is 0 Å². The van der Waals surface area contributed by atoms with Crippen molar-refractivity contribution in [3.63, 3.8) is 0 Å². The van der Waals surface area contributed by atoms with Crippen LogP contribution in [-0.2, 0) is 0 Å². The Morgan fingerprint density at radius 3 is 1.54 bits per heavy atom. The van der Waals surface area contributed by atoms with Gasteiger partial charge in [-0.1, -0.05) is 157 Å². The van der Waals surface area contributed by atoms with E-state index in [2.05, 4.69) is 153 Å². The highest BCUT2D eigenvalue weighted by molar-refractivity contribution is 8.14. The average Bonchev–Trinajstić information content (AvgIpc) is 3.58. The largest absolute Gasteiger partial charge is 0.176 e. The molecule has 37 heavy (non-hydrogen) atoms. The minimum absolute atomic E-state index is 0.665. The summed E-state index contributed by atoms with van der Waals surface area (Å²) in [5, 5.41) is 7.00. The van der Waals surface area contributed by atoms with E-state index >= 15 is 0 Å². The van der Waals surface area contributed by atoms with Crippen molar-refractivity contribution < 1.29 is 0 Å². The first kappa shape index (κ1) is 24.3. The second-order valence-electron chi connectivity index (χ2n) is 8.91. The predicted octanol–water partition coefficient (Wildman–Crippen LogP) is 8.14. The summed E-state index contributed by atoms with van der Waals surface area (Å²) in [5.74, 6) is 0. The Bertz CT molecular complexity index is 1410. The van der Waals surface area contributed by atoms with Crippen LogP contribution in [0.25, 0.3) is 0 Å². The quantitative estimate of drug-likeness (QED) is 0.179. The zero-order valence-corrected chi connectivity index (χ0v) is 23.3. The molecule has 0 unspecified atom stereocenters. The van der Waals surface area contributed by atoms with Crippen LogP contribution in [0.4, 0.5) is 0 Å². The van der Waals surface area contributed by atoms with Crippen LogP contribution in [0.15, 0.2) is 167 Å². The van der Waals surface area contributed by atoms with E-state index in [0.29, 0.717) is 0 Å². The van der Waals surface area contributed by atoms with Crippen molar-refractivity contribution in [1.29, 1.82) is 0 Å². The van der Waals surface area contributed by atoms with Gasteiger partial charge in [0.1, 0.15) is 0 Å². The molecule has 0 amide bonds. The fourth-order valence-corrected chi connectivity index (χ4v) is 11.6. The standard InChI is InChI=1S/C34H27P2S/c1-26-25-32(34(37-26)36(29-19-10-4-11-20-29)30-21-12-5-13-22-30)31-23-14-24-33(31)35(27-15-6-2-7-16-27)28-17-8-3-9-18-28/h2-25H,1H3/q-1/b32-31+. The van der Waals surface area contributed by atoms with Crippen molar-refractivity contribution in [2.45, 2.75) is 6.92 Å². The minimum atomic E-state index is -0.672. The van der Waals surface area contributed by atoms with E-state index in [4.69, 9.17) is 0 Å². The summed E-state index contributed by atoms with van der Waals surface area (Å²) in [5.41, 5.74) is 2.76. The Hall–Kier alpha value is -3.08. The lowest BCUT2D eigenvalue weighted by molar-refractivity contribution is 1.52. The van der Waals surface area contributed by atoms with Gasteiger partial charge >= 0.3 is 0 Å². The van der Waals surface area contributed by atoms with Crippen molar-refractivity contribution in [3.05, 3.63) is 172 Å². The van der Waals surface area contributed by atoms with Crippen LogP contribution < -0.4 is 21.2 Å². The molecule has 4 aromatic carbocycles. The molecule has 0 bridgehead atoms. The predicted molar refractivity (Wildman–Crippen MR) is 167 cm³/mol. The molecular weight excluding hydrogens is 502 g/mol. The lowest BCUT2D eigenvalue weighted by Crippen LogP contribution is -2.17. The van der Waals surface area contributed by atoms with E-state index in [0.717, 1.165) is 0 Å². The number of benzene rings is 4. The molecule has 4 aromatic rings. The molecule has 180 valence electrons. The smallest absolute Gasteiger partial charge is 0.0161 e. The van der Waals surface area contributed by atoms with Gasteiger partial charge in [-0.25, -0.2) is 0 Å². The second-order valence-corrected chi connectivity index (χ2v) is 14.8. The van der Waals surface area contributed by atoms with Crippen molar-refractivity contribution >= 4 is 48.8 Å². The van der Waals surface area contributed by atoms with E-state index in [-0.39, 0.29) is 0 Å². The van der Waals surface area contributed by atoms with Crippen molar-refractivity contribution in [1.82, 2.24) is 0 Å². The molecule has 0 saturated carbocycles. The monoisotopic (exact) mass is 529 g/mol. The van der Waals surface area contributed by atoms with Crippen LogP contribution in [0.1, 0.15) is 6.92 Å². The maximum atomic E-state index is 2.42. The summed E-state index contributed by atoms with van der Waals surface area (Å²) in [6, 6.07) is 44.1. The number of hydrogen-bond acceptors (Lipinski definition) is 1.